The fourth-order valence-corrected chi connectivity index (χ4v) is 0.695. The zero-order chi connectivity index (χ0) is 7.28. The van der Waals surface area contributed by atoms with Crippen molar-refractivity contribution in [3.8, 4) is 0 Å². The summed E-state index contributed by atoms with van der Waals surface area (Å²) in [6.45, 7) is 8.52. The van der Waals surface area contributed by atoms with E-state index in [0.29, 0.717) is 0 Å². The highest BCUT2D eigenvalue weighted by atomic mass is 13.9. The Morgan fingerprint density at radius 2 is 1.78 bits per heavy atom. The highest BCUT2D eigenvalue weighted by Gasteiger charge is 1.86. The summed E-state index contributed by atoms with van der Waals surface area (Å²) in [5.74, 6) is 0. The maximum atomic E-state index is 2.25. The van der Waals surface area contributed by atoms with Gasteiger partial charge in [-0.25, -0.2) is 0 Å². The Morgan fingerprint density at radius 1 is 1.22 bits per heavy atom. The van der Waals surface area contributed by atoms with Crippen LogP contribution in [0.3, 0.4) is 0 Å². The van der Waals surface area contributed by atoms with Crippen LogP contribution < -0.4 is 0 Å². The van der Waals surface area contributed by atoms with E-state index < -0.39 is 0 Å². The zero-order valence-electron chi connectivity index (χ0n) is 6.86. The van der Waals surface area contributed by atoms with Crippen molar-refractivity contribution in [2.24, 2.45) is 0 Å². The summed E-state index contributed by atoms with van der Waals surface area (Å²) in [7, 11) is 0. The molecular weight excluding hydrogens is 108 g/mol. The fraction of sp³-hybridized carbons (Fsp3) is 0.556. The minimum absolute atomic E-state index is 1.14. The predicted octanol–water partition coefficient (Wildman–Crippen LogP) is 3.31. The molecule has 0 saturated heterocycles. The Morgan fingerprint density at radius 3 is 2.11 bits per heavy atom. The van der Waals surface area contributed by atoms with Crippen LogP contribution >= 0.6 is 0 Å². The van der Waals surface area contributed by atoms with Crippen molar-refractivity contribution in [1.29, 1.82) is 0 Å². The van der Waals surface area contributed by atoms with Gasteiger partial charge in [-0.2, -0.15) is 0 Å². The summed E-state index contributed by atoms with van der Waals surface area (Å²) in [6.07, 6.45) is 5.52. The topological polar surface area (TPSA) is 0 Å². The second kappa shape index (κ2) is 4.37. The van der Waals surface area contributed by atoms with Crippen LogP contribution in [-0.2, 0) is 0 Å². The molecule has 0 aromatic carbocycles. The minimum Gasteiger partial charge on any atom is -0.0845 e. The van der Waals surface area contributed by atoms with E-state index in [2.05, 4.69) is 39.8 Å². The van der Waals surface area contributed by atoms with Gasteiger partial charge in [0.15, 0.2) is 0 Å². The molecule has 0 aromatic rings. The smallest absolute Gasteiger partial charge is 0.0374 e. The van der Waals surface area contributed by atoms with Gasteiger partial charge < -0.3 is 0 Å². The molecule has 52 valence electrons. The molecule has 0 aliphatic rings. The average Bonchev–Trinajstić information content (AvgIpc) is 1.87. The van der Waals surface area contributed by atoms with Gasteiger partial charge in [-0.15, -0.1) is 0 Å². The van der Waals surface area contributed by atoms with Crippen LogP contribution in [0.4, 0.5) is 0 Å². The van der Waals surface area contributed by atoms with Crippen molar-refractivity contribution in [2.45, 2.75) is 34.1 Å². The lowest BCUT2D eigenvalue weighted by atomic mass is 10.1. The second-order valence-corrected chi connectivity index (χ2v) is 2.27. The lowest BCUT2D eigenvalue weighted by Crippen LogP contribution is -1.76. The molecule has 0 spiro atoms. The Kier molecular flexibility index (Phi) is 4.12. The van der Waals surface area contributed by atoms with Crippen molar-refractivity contribution in [3.05, 3.63) is 23.3 Å². The molecule has 0 heteroatoms. The molecule has 0 unspecified atom stereocenters. The van der Waals surface area contributed by atoms with Crippen molar-refractivity contribution >= 4 is 0 Å². The number of hydrogen-bond donors (Lipinski definition) is 0. The van der Waals surface area contributed by atoms with E-state index >= 15 is 0 Å². The maximum absolute atomic E-state index is 2.25. The molecule has 0 aromatic heterocycles. The van der Waals surface area contributed by atoms with Gasteiger partial charge in [0.05, 0.1) is 0 Å². The SMILES string of the molecule is C/C=C(/C)C(C)=CCC. The molecule has 0 amide bonds. The fourth-order valence-electron chi connectivity index (χ4n) is 0.695. The molecular formula is C9H16. The van der Waals surface area contributed by atoms with Gasteiger partial charge in [-0.1, -0.05) is 30.2 Å². The van der Waals surface area contributed by atoms with E-state index in [1.54, 1.807) is 0 Å². The standard InChI is InChI=1S/C9H16/c1-5-7-9(4)8(3)6-2/h6-7H,5H2,1-4H3/b8-6-,9-7?. The Bertz CT molecular complexity index is 127. The van der Waals surface area contributed by atoms with Crippen LogP contribution in [0, 0.1) is 0 Å². The monoisotopic (exact) mass is 124 g/mol. The van der Waals surface area contributed by atoms with Crippen LogP contribution in [0.1, 0.15) is 34.1 Å². The minimum atomic E-state index is 1.14. The first kappa shape index (κ1) is 8.48. The molecule has 0 saturated carbocycles. The summed E-state index contributed by atoms with van der Waals surface area (Å²) < 4.78 is 0. The lowest BCUT2D eigenvalue weighted by molar-refractivity contribution is 1.17. The van der Waals surface area contributed by atoms with Gasteiger partial charge in [0.25, 0.3) is 0 Å². The summed E-state index contributed by atoms with van der Waals surface area (Å²) in [5, 5.41) is 0. The van der Waals surface area contributed by atoms with E-state index in [1.165, 1.54) is 11.1 Å². The van der Waals surface area contributed by atoms with Gasteiger partial charge >= 0.3 is 0 Å². The summed E-state index contributed by atoms with van der Waals surface area (Å²) in [6, 6.07) is 0. The van der Waals surface area contributed by atoms with Gasteiger partial charge in [0.1, 0.15) is 0 Å². The third-order valence-electron chi connectivity index (χ3n) is 1.57. The van der Waals surface area contributed by atoms with E-state index in [4.69, 9.17) is 0 Å². The van der Waals surface area contributed by atoms with Gasteiger partial charge in [0, 0.05) is 0 Å². The molecule has 0 rings (SSSR count). The molecule has 0 aliphatic carbocycles. The zero-order valence-corrected chi connectivity index (χ0v) is 6.86. The van der Waals surface area contributed by atoms with Gasteiger partial charge in [0.2, 0.25) is 0 Å². The van der Waals surface area contributed by atoms with E-state index in [-0.39, 0.29) is 0 Å². The molecule has 0 aliphatic heterocycles. The number of allylic oxidation sites excluding steroid dienone is 4. The van der Waals surface area contributed by atoms with Crippen LogP contribution in [-0.4, -0.2) is 0 Å². The quantitative estimate of drug-likeness (QED) is 0.495. The molecule has 0 fully saturated rings. The Labute approximate surface area is 58.3 Å². The second-order valence-electron chi connectivity index (χ2n) is 2.27. The largest absolute Gasteiger partial charge is 0.0845 e. The van der Waals surface area contributed by atoms with Gasteiger partial charge in [-0.3, -0.25) is 0 Å². The van der Waals surface area contributed by atoms with Crippen molar-refractivity contribution in [2.75, 3.05) is 0 Å². The van der Waals surface area contributed by atoms with Crippen LogP contribution in [0.5, 0.6) is 0 Å². The highest BCUT2D eigenvalue weighted by molar-refractivity contribution is 5.25. The lowest BCUT2D eigenvalue weighted by Gasteiger charge is -1.97. The Hall–Kier alpha value is -0.520. The predicted molar refractivity (Wildman–Crippen MR) is 43.5 cm³/mol. The van der Waals surface area contributed by atoms with E-state index in [9.17, 15) is 0 Å². The first-order valence-corrected chi connectivity index (χ1v) is 3.52. The van der Waals surface area contributed by atoms with Crippen molar-refractivity contribution < 1.29 is 0 Å². The third kappa shape index (κ3) is 3.12. The van der Waals surface area contributed by atoms with Crippen LogP contribution in [0.2, 0.25) is 0 Å². The molecule has 0 bridgehead atoms. The van der Waals surface area contributed by atoms with Crippen LogP contribution in [0.15, 0.2) is 23.3 Å². The third-order valence-corrected chi connectivity index (χ3v) is 1.57. The molecule has 9 heavy (non-hydrogen) atoms. The first-order valence-electron chi connectivity index (χ1n) is 3.52. The molecule has 0 heterocycles. The summed E-state index contributed by atoms with van der Waals surface area (Å²) in [4.78, 5) is 0. The summed E-state index contributed by atoms with van der Waals surface area (Å²) in [5.41, 5.74) is 2.79. The van der Waals surface area contributed by atoms with E-state index in [1.807, 2.05) is 0 Å². The maximum Gasteiger partial charge on any atom is -0.0374 e. The van der Waals surface area contributed by atoms with Crippen molar-refractivity contribution in [3.63, 3.8) is 0 Å². The number of rotatable bonds is 2. The van der Waals surface area contributed by atoms with Crippen LogP contribution in [0.25, 0.3) is 0 Å². The average molecular weight is 124 g/mol. The highest BCUT2D eigenvalue weighted by Crippen LogP contribution is 2.07. The molecule has 0 radical (unpaired) electrons. The van der Waals surface area contributed by atoms with E-state index in [0.717, 1.165) is 6.42 Å². The molecule has 0 atom stereocenters. The number of hydrogen-bond acceptors (Lipinski definition) is 0. The first-order chi connectivity index (χ1) is 4.22. The summed E-state index contributed by atoms with van der Waals surface area (Å²) >= 11 is 0. The normalized spacial score (nSPS) is 14.2. The van der Waals surface area contributed by atoms with Gasteiger partial charge in [-0.05, 0) is 27.2 Å². The van der Waals surface area contributed by atoms with Crippen molar-refractivity contribution in [1.82, 2.24) is 0 Å². The Balaban J connectivity index is 4.03. The molecule has 0 nitrogen and oxygen atoms in total. The molecule has 0 N–H and O–H groups in total.